The highest BCUT2D eigenvalue weighted by atomic mass is 35.5. The predicted molar refractivity (Wildman–Crippen MR) is 85.4 cm³/mol. The molecule has 0 atom stereocenters. The van der Waals surface area contributed by atoms with Gasteiger partial charge in [-0.2, -0.15) is 5.10 Å². The molecular weight excluding hydrogens is 304 g/mol. The van der Waals surface area contributed by atoms with Crippen LogP contribution in [0.15, 0.2) is 53.6 Å². The van der Waals surface area contributed by atoms with E-state index < -0.39 is 6.09 Å². The number of ether oxygens (including phenoxy) is 2. The maximum absolute atomic E-state index is 10.9. The molecule has 0 spiro atoms. The topological polar surface area (TPSA) is 59.9 Å². The van der Waals surface area contributed by atoms with E-state index in [2.05, 4.69) is 15.3 Å². The van der Waals surface area contributed by atoms with Gasteiger partial charge in [-0.05, 0) is 35.4 Å². The minimum Gasteiger partial charge on any atom is -0.489 e. The van der Waals surface area contributed by atoms with Gasteiger partial charge in [0, 0.05) is 5.02 Å². The summed E-state index contributed by atoms with van der Waals surface area (Å²) in [5.41, 5.74) is 4.04. The van der Waals surface area contributed by atoms with Crippen molar-refractivity contribution in [3.63, 3.8) is 0 Å². The molecule has 114 valence electrons. The fraction of sp³-hybridized carbons (Fsp3) is 0.125. The highest BCUT2D eigenvalue weighted by Crippen LogP contribution is 2.15. The lowest BCUT2D eigenvalue weighted by molar-refractivity contribution is 0.171. The summed E-state index contributed by atoms with van der Waals surface area (Å²) in [6, 6.07) is 14.8. The first-order valence-electron chi connectivity index (χ1n) is 6.52. The van der Waals surface area contributed by atoms with Crippen molar-refractivity contribution in [3.05, 3.63) is 64.7 Å². The van der Waals surface area contributed by atoms with Gasteiger partial charge in [0.2, 0.25) is 0 Å². The van der Waals surface area contributed by atoms with E-state index in [1.807, 2.05) is 48.5 Å². The average Bonchev–Trinajstić information content (AvgIpc) is 2.54. The van der Waals surface area contributed by atoms with Crippen molar-refractivity contribution in [1.82, 2.24) is 5.43 Å². The van der Waals surface area contributed by atoms with E-state index in [1.54, 1.807) is 0 Å². The summed E-state index contributed by atoms with van der Waals surface area (Å²) in [5, 5.41) is 4.46. The van der Waals surface area contributed by atoms with Gasteiger partial charge in [0.1, 0.15) is 12.4 Å². The number of hydrazone groups is 1. The largest absolute Gasteiger partial charge is 0.489 e. The van der Waals surface area contributed by atoms with Crippen LogP contribution in [0.3, 0.4) is 0 Å². The first-order valence-corrected chi connectivity index (χ1v) is 6.89. The second-order valence-electron chi connectivity index (χ2n) is 4.35. The number of rotatable bonds is 5. The van der Waals surface area contributed by atoms with Gasteiger partial charge in [-0.1, -0.05) is 35.9 Å². The van der Waals surface area contributed by atoms with Gasteiger partial charge in [-0.3, -0.25) is 0 Å². The molecule has 0 aliphatic carbocycles. The predicted octanol–water partition coefficient (Wildman–Crippen LogP) is 3.61. The molecule has 0 heterocycles. The smallest absolute Gasteiger partial charge is 0.427 e. The monoisotopic (exact) mass is 318 g/mol. The fourth-order valence-electron chi connectivity index (χ4n) is 1.64. The summed E-state index contributed by atoms with van der Waals surface area (Å²) < 4.78 is 10.1. The second-order valence-corrected chi connectivity index (χ2v) is 4.79. The van der Waals surface area contributed by atoms with E-state index in [-0.39, 0.29) is 0 Å². The molecule has 1 N–H and O–H groups in total. The zero-order valence-corrected chi connectivity index (χ0v) is 12.7. The molecule has 0 aliphatic heterocycles. The van der Waals surface area contributed by atoms with Gasteiger partial charge in [0.05, 0.1) is 13.3 Å². The second kappa shape index (κ2) is 8.05. The van der Waals surface area contributed by atoms with Crippen molar-refractivity contribution < 1.29 is 14.3 Å². The Balaban J connectivity index is 1.93. The van der Waals surface area contributed by atoms with Crippen molar-refractivity contribution in [2.45, 2.75) is 6.61 Å². The SMILES string of the molecule is COC(=O)N/N=C\c1cccc(OCc2ccc(Cl)cc2)c1. The molecule has 22 heavy (non-hydrogen) atoms. The van der Waals surface area contributed by atoms with Crippen LogP contribution < -0.4 is 10.2 Å². The van der Waals surface area contributed by atoms with Crippen LogP contribution in [0, 0.1) is 0 Å². The highest BCUT2D eigenvalue weighted by molar-refractivity contribution is 6.30. The molecule has 1 amide bonds. The summed E-state index contributed by atoms with van der Waals surface area (Å²) in [6.07, 6.45) is 0.887. The lowest BCUT2D eigenvalue weighted by Gasteiger charge is -2.07. The highest BCUT2D eigenvalue weighted by Gasteiger charge is 1.98. The van der Waals surface area contributed by atoms with Gasteiger partial charge in [-0.25, -0.2) is 10.2 Å². The van der Waals surface area contributed by atoms with Crippen LogP contribution in [0.25, 0.3) is 0 Å². The van der Waals surface area contributed by atoms with Crippen molar-refractivity contribution in [1.29, 1.82) is 0 Å². The molecule has 2 rings (SSSR count). The molecule has 0 radical (unpaired) electrons. The Bertz CT molecular complexity index is 657. The Kier molecular flexibility index (Phi) is 5.80. The number of halogens is 1. The van der Waals surface area contributed by atoms with Crippen LogP contribution >= 0.6 is 11.6 Å². The number of nitrogens with one attached hydrogen (secondary N) is 1. The summed E-state index contributed by atoms with van der Waals surface area (Å²) in [7, 11) is 1.27. The van der Waals surface area contributed by atoms with Gasteiger partial charge in [-0.15, -0.1) is 0 Å². The summed E-state index contributed by atoms with van der Waals surface area (Å²) >= 11 is 5.84. The Labute approximate surface area is 133 Å². The maximum Gasteiger partial charge on any atom is 0.427 e. The molecule has 0 fully saturated rings. The third-order valence-electron chi connectivity index (χ3n) is 2.73. The minimum absolute atomic E-state index is 0.443. The number of hydrogen-bond acceptors (Lipinski definition) is 4. The Morgan fingerprint density at radius 3 is 2.77 bits per heavy atom. The van der Waals surface area contributed by atoms with Crippen LogP contribution in [0.2, 0.25) is 5.02 Å². The quantitative estimate of drug-likeness (QED) is 0.676. The molecule has 0 saturated heterocycles. The van der Waals surface area contributed by atoms with Crippen LogP contribution in [0.1, 0.15) is 11.1 Å². The number of hydrogen-bond donors (Lipinski definition) is 1. The minimum atomic E-state index is -0.619. The lowest BCUT2D eigenvalue weighted by atomic mass is 10.2. The van der Waals surface area contributed by atoms with E-state index in [0.29, 0.717) is 17.4 Å². The fourth-order valence-corrected chi connectivity index (χ4v) is 1.76. The van der Waals surface area contributed by atoms with E-state index in [1.165, 1.54) is 13.3 Å². The van der Waals surface area contributed by atoms with Crippen molar-refractivity contribution in [2.75, 3.05) is 7.11 Å². The van der Waals surface area contributed by atoms with Crippen molar-refractivity contribution in [2.24, 2.45) is 5.10 Å². The summed E-state index contributed by atoms with van der Waals surface area (Å²) in [6.45, 7) is 0.443. The van der Waals surface area contributed by atoms with Gasteiger partial charge >= 0.3 is 6.09 Å². The standard InChI is InChI=1S/C16H15ClN2O3/c1-21-16(20)19-18-10-13-3-2-4-15(9-13)22-11-12-5-7-14(17)8-6-12/h2-10H,11H2,1H3,(H,19,20)/b18-10-. The number of carbonyl (C=O) groups excluding carboxylic acids is 1. The molecule has 2 aromatic carbocycles. The normalized spacial score (nSPS) is 10.5. The number of nitrogens with zero attached hydrogens (tertiary/aromatic N) is 1. The zero-order chi connectivity index (χ0) is 15.8. The molecule has 0 unspecified atom stereocenters. The molecular formula is C16H15ClN2O3. The number of benzene rings is 2. The van der Waals surface area contributed by atoms with Crippen LogP contribution in [0.5, 0.6) is 5.75 Å². The van der Waals surface area contributed by atoms with Crippen molar-refractivity contribution in [3.8, 4) is 5.75 Å². The van der Waals surface area contributed by atoms with E-state index >= 15 is 0 Å². The molecule has 0 aromatic heterocycles. The van der Waals surface area contributed by atoms with Gasteiger partial charge in [0.15, 0.2) is 0 Å². The van der Waals surface area contributed by atoms with E-state index in [9.17, 15) is 4.79 Å². The summed E-state index contributed by atoms with van der Waals surface area (Å²) in [4.78, 5) is 10.9. The Morgan fingerprint density at radius 1 is 1.27 bits per heavy atom. The number of amides is 1. The van der Waals surface area contributed by atoms with Gasteiger partial charge < -0.3 is 9.47 Å². The van der Waals surface area contributed by atoms with E-state index in [4.69, 9.17) is 16.3 Å². The molecule has 5 nitrogen and oxygen atoms in total. The first kappa shape index (κ1) is 15.9. The van der Waals surface area contributed by atoms with Gasteiger partial charge in [0.25, 0.3) is 0 Å². The molecule has 6 heteroatoms. The lowest BCUT2D eigenvalue weighted by Crippen LogP contribution is -2.16. The third kappa shape index (κ3) is 5.10. The average molecular weight is 319 g/mol. The maximum atomic E-state index is 10.9. The van der Waals surface area contributed by atoms with Crippen LogP contribution in [0.4, 0.5) is 4.79 Å². The Hall–Kier alpha value is -2.53. The van der Waals surface area contributed by atoms with E-state index in [0.717, 1.165) is 11.1 Å². The van der Waals surface area contributed by atoms with Crippen LogP contribution in [-0.4, -0.2) is 19.4 Å². The molecule has 0 saturated carbocycles. The summed E-state index contributed by atoms with van der Waals surface area (Å²) in [5.74, 6) is 0.706. The molecule has 0 bridgehead atoms. The molecule has 0 aliphatic rings. The third-order valence-corrected chi connectivity index (χ3v) is 2.98. The number of carbonyl (C=O) groups is 1. The first-order chi connectivity index (χ1) is 10.7. The molecule has 2 aromatic rings. The van der Waals surface area contributed by atoms with Crippen molar-refractivity contribution >= 4 is 23.9 Å². The Morgan fingerprint density at radius 2 is 2.05 bits per heavy atom. The zero-order valence-electron chi connectivity index (χ0n) is 12.0. The van der Waals surface area contributed by atoms with Crippen LogP contribution in [-0.2, 0) is 11.3 Å². The number of methoxy groups -OCH3 is 1.